The normalized spacial score (nSPS) is 10.6. The number of hydrogen-bond acceptors (Lipinski definition) is 4. The SMILES string of the molecule is CC(C)SC(=O)c1ccsc1N. The van der Waals surface area contributed by atoms with Gasteiger partial charge in [-0.2, -0.15) is 0 Å². The average molecular weight is 201 g/mol. The van der Waals surface area contributed by atoms with Gasteiger partial charge in [-0.1, -0.05) is 25.6 Å². The third-order valence-corrected chi connectivity index (χ3v) is 2.91. The summed E-state index contributed by atoms with van der Waals surface area (Å²) in [5, 5.41) is 2.84. The summed E-state index contributed by atoms with van der Waals surface area (Å²) in [6, 6.07) is 1.78. The van der Waals surface area contributed by atoms with Crippen LogP contribution in [0.2, 0.25) is 0 Å². The Balaban J connectivity index is 2.72. The predicted octanol–water partition coefficient (Wildman–Crippen LogP) is 2.61. The first-order valence-corrected chi connectivity index (χ1v) is 5.41. The Bertz CT molecular complexity index is 280. The second-order valence-corrected chi connectivity index (χ2v) is 5.15. The average Bonchev–Trinajstić information content (AvgIpc) is 2.33. The molecular formula is C8H11NOS2. The Labute approximate surface area is 80.2 Å². The smallest absolute Gasteiger partial charge is 0.222 e. The van der Waals surface area contributed by atoms with E-state index < -0.39 is 0 Å². The molecular weight excluding hydrogens is 190 g/mol. The van der Waals surface area contributed by atoms with E-state index in [1.165, 1.54) is 23.1 Å². The van der Waals surface area contributed by atoms with E-state index in [1.54, 1.807) is 6.07 Å². The van der Waals surface area contributed by atoms with Crippen molar-refractivity contribution in [1.82, 2.24) is 0 Å². The molecule has 0 saturated heterocycles. The Morgan fingerprint density at radius 3 is 2.75 bits per heavy atom. The first kappa shape index (κ1) is 9.61. The zero-order valence-corrected chi connectivity index (χ0v) is 8.67. The summed E-state index contributed by atoms with van der Waals surface area (Å²) in [4.78, 5) is 11.4. The molecule has 1 rings (SSSR count). The Morgan fingerprint density at radius 2 is 2.33 bits per heavy atom. The van der Waals surface area contributed by atoms with Crippen molar-refractivity contribution in [3.8, 4) is 0 Å². The molecule has 0 bridgehead atoms. The molecule has 2 nitrogen and oxygen atoms in total. The van der Waals surface area contributed by atoms with Gasteiger partial charge in [-0.3, -0.25) is 4.79 Å². The van der Waals surface area contributed by atoms with Crippen molar-refractivity contribution in [2.75, 3.05) is 5.73 Å². The highest BCUT2D eigenvalue weighted by molar-refractivity contribution is 8.14. The summed E-state index contributed by atoms with van der Waals surface area (Å²) >= 11 is 2.72. The molecule has 4 heteroatoms. The fourth-order valence-corrected chi connectivity index (χ4v) is 2.20. The molecule has 0 aromatic carbocycles. The summed E-state index contributed by atoms with van der Waals surface area (Å²) in [6.07, 6.45) is 0. The van der Waals surface area contributed by atoms with Gasteiger partial charge in [-0.25, -0.2) is 0 Å². The highest BCUT2D eigenvalue weighted by atomic mass is 32.2. The van der Waals surface area contributed by atoms with Crippen molar-refractivity contribution in [2.45, 2.75) is 19.1 Å². The monoisotopic (exact) mass is 201 g/mol. The van der Waals surface area contributed by atoms with Gasteiger partial charge in [-0.15, -0.1) is 11.3 Å². The zero-order valence-electron chi connectivity index (χ0n) is 7.03. The quantitative estimate of drug-likeness (QED) is 0.799. The largest absolute Gasteiger partial charge is 0.390 e. The number of anilines is 1. The minimum Gasteiger partial charge on any atom is -0.390 e. The van der Waals surface area contributed by atoms with Gasteiger partial charge in [0.15, 0.2) is 0 Å². The molecule has 0 spiro atoms. The van der Waals surface area contributed by atoms with Crippen molar-refractivity contribution in [1.29, 1.82) is 0 Å². The van der Waals surface area contributed by atoms with E-state index in [0.29, 0.717) is 15.8 Å². The first-order valence-electron chi connectivity index (χ1n) is 3.65. The number of nitrogen functional groups attached to an aromatic ring is 1. The molecule has 2 N–H and O–H groups in total. The fraction of sp³-hybridized carbons (Fsp3) is 0.375. The molecule has 0 aliphatic carbocycles. The lowest BCUT2D eigenvalue weighted by molar-refractivity contribution is 0.108. The number of thioether (sulfide) groups is 1. The maximum absolute atomic E-state index is 11.4. The van der Waals surface area contributed by atoms with E-state index in [9.17, 15) is 4.79 Å². The summed E-state index contributed by atoms with van der Waals surface area (Å²) in [6.45, 7) is 3.98. The minimum absolute atomic E-state index is 0.0729. The second-order valence-electron chi connectivity index (χ2n) is 2.65. The van der Waals surface area contributed by atoms with E-state index in [2.05, 4.69) is 0 Å². The van der Waals surface area contributed by atoms with E-state index in [0.717, 1.165) is 0 Å². The minimum atomic E-state index is 0.0729. The Kier molecular flexibility index (Phi) is 3.17. The zero-order chi connectivity index (χ0) is 9.14. The third kappa shape index (κ3) is 2.25. The number of carbonyl (C=O) groups excluding carboxylic acids is 1. The summed E-state index contributed by atoms with van der Waals surface area (Å²) in [5.74, 6) is 0. The molecule has 0 unspecified atom stereocenters. The first-order chi connectivity index (χ1) is 5.61. The number of rotatable bonds is 2. The molecule has 0 amide bonds. The lowest BCUT2D eigenvalue weighted by atomic mass is 10.3. The number of thiophene rings is 1. The summed E-state index contributed by atoms with van der Waals surface area (Å²) < 4.78 is 0. The van der Waals surface area contributed by atoms with Crippen LogP contribution in [0.3, 0.4) is 0 Å². The van der Waals surface area contributed by atoms with Gasteiger partial charge >= 0.3 is 0 Å². The second kappa shape index (κ2) is 3.96. The van der Waals surface area contributed by atoms with E-state index in [4.69, 9.17) is 5.73 Å². The van der Waals surface area contributed by atoms with Gasteiger partial charge in [0.25, 0.3) is 0 Å². The highest BCUT2D eigenvalue weighted by Gasteiger charge is 2.12. The number of hydrogen-bond donors (Lipinski definition) is 1. The van der Waals surface area contributed by atoms with Crippen molar-refractivity contribution in [2.24, 2.45) is 0 Å². The van der Waals surface area contributed by atoms with Crippen molar-refractivity contribution in [3.63, 3.8) is 0 Å². The Morgan fingerprint density at radius 1 is 1.67 bits per heavy atom. The molecule has 66 valence electrons. The van der Waals surface area contributed by atoms with Crippen LogP contribution in [0.4, 0.5) is 5.00 Å². The van der Waals surface area contributed by atoms with Crippen LogP contribution < -0.4 is 5.73 Å². The molecule has 0 fully saturated rings. The summed E-state index contributed by atoms with van der Waals surface area (Å²) in [7, 11) is 0. The Hall–Kier alpha value is -0.480. The van der Waals surface area contributed by atoms with E-state index in [-0.39, 0.29) is 5.12 Å². The summed E-state index contributed by atoms with van der Waals surface area (Å²) in [5.41, 5.74) is 6.25. The van der Waals surface area contributed by atoms with Crippen LogP contribution >= 0.6 is 23.1 Å². The molecule has 1 aromatic heterocycles. The fourth-order valence-electron chi connectivity index (χ4n) is 0.767. The van der Waals surface area contributed by atoms with Gasteiger partial charge in [0.2, 0.25) is 5.12 Å². The van der Waals surface area contributed by atoms with E-state index >= 15 is 0 Å². The molecule has 0 aliphatic heterocycles. The maximum Gasteiger partial charge on any atom is 0.222 e. The lowest BCUT2D eigenvalue weighted by Crippen LogP contribution is -2.00. The van der Waals surface area contributed by atoms with Crippen molar-refractivity contribution < 1.29 is 4.79 Å². The topological polar surface area (TPSA) is 43.1 Å². The molecule has 1 heterocycles. The van der Waals surface area contributed by atoms with Crippen LogP contribution in [0.25, 0.3) is 0 Å². The van der Waals surface area contributed by atoms with Crippen LogP contribution in [-0.2, 0) is 0 Å². The van der Waals surface area contributed by atoms with Gasteiger partial charge in [0.1, 0.15) is 0 Å². The van der Waals surface area contributed by atoms with Crippen LogP contribution in [0.15, 0.2) is 11.4 Å². The van der Waals surface area contributed by atoms with E-state index in [1.807, 2.05) is 19.2 Å². The maximum atomic E-state index is 11.4. The molecule has 12 heavy (non-hydrogen) atoms. The highest BCUT2D eigenvalue weighted by Crippen LogP contribution is 2.25. The van der Waals surface area contributed by atoms with Crippen LogP contribution in [0.5, 0.6) is 0 Å². The standard InChI is InChI=1S/C8H11NOS2/c1-5(2)12-8(10)6-3-4-11-7(6)9/h3-5H,9H2,1-2H3. The molecule has 0 aliphatic rings. The molecule has 0 radical (unpaired) electrons. The lowest BCUT2D eigenvalue weighted by Gasteiger charge is -2.01. The molecule has 0 saturated carbocycles. The van der Waals surface area contributed by atoms with Crippen molar-refractivity contribution >= 4 is 33.2 Å². The molecule has 1 aromatic rings. The van der Waals surface area contributed by atoms with Gasteiger partial charge < -0.3 is 5.73 Å². The number of carbonyl (C=O) groups is 1. The van der Waals surface area contributed by atoms with Gasteiger partial charge in [-0.05, 0) is 11.4 Å². The third-order valence-electron chi connectivity index (χ3n) is 1.26. The predicted molar refractivity (Wildman–Crippen MR) is 55.8 cm³/mol. The van der Waals surface area contributed by atoms with Crippen LogP contribution in [0.1, 0.15) is 24.2 Å². The van der Waals surface area contributed by atoms with Gasteiger partial charge in [0, 0.05) is 5.25 Å². The van der Waals surface area contributed by atoms with Crippen LogP contribution in [-0.4, -0.2) is 10.4 Å². The number of nitrogens with two attached hydrogens (primary N) is 1. The van der Waals surface area contributed by atoms with Crippen LogP contribution in [0, 0.1) is 0 Å². The molecule has 0 atom stereocenters. The van der Waals surface area contributed by atoms with Gasteiger partial charge in [0.05, 0.1) is 10.6 Å². The van der Waals surface area contributed by atoms with Crippen molar-refractivity contribution in [3.05, 3.63) is 17.0 Å².